The summed E-state index contributed by atoms with van der Waals surface area (Å²) in [6.07, 6.45) is 0. The second kappa shape index (κ2) is 7.10. The van der Waals surface area contributed by atoms with E-state index in [0.717, 1.165) is 6.07 Å². The first-order chi connectivity index (χ1) is 10.1. The van der Waals surface area contributed by atoms with E-state index in [-0.39, 0.29) is 12.1 Å². The normalized spacial score (nSPS) is 10.3. The van der Waals surface area contributed by atoms with Crippen LogP contribution in [0.4, 0.5) is 4.39 Å². The average Bonchev–Trinajstić information content (AvgIpc) is 2.46. The third kappa shape index (κ3) is 4.21. The largest absolute Gasteiger partial charge is 0.494 e. The summed E-state index contributed by atoms with van der Waals surface area (Å²) in [5.74, 6) is 0.724. The van der Waals surface area contributed by atoms with Crippen molar-refractivity contribution in [2.24, 2.45) is 0 Å². The smallest absolute Gasteiger partial charge is 0.488 e. The van der Waals surface area contributed by atoms with Crippen molar-refractivity contribution in [2.75, 3.05) is 6.61 Å². The highest BCUT2D eigenvalue weighted by Gasteiger charge is 2.13. The topological polar surface area (TPSA) is 58.9 Å². The van der Waals surface area contributed by atoms with Crippen molar-refractivity contribution >= 4 is 12.6 Å². The van der Waals surface area contributed by atoms with Gasteiger partial charge in [-0.05, 0) is 30.6 Å². The molecular formula is C15H16BFO4. The van der Waals surface area contributed by atoms with Crippen LogP contribution >= 0.6 is 0 Å². The second-order valence-corrected chi connectivity index (χ2v) is 4.42. The van der Waals surface area contributed by atoms with Gasteiger partial charge in [0.1, 0.15) is 23.9 Å². The van der Waals surface area contributed by atoms with Gasteiger partial charge >= 0.3 is 7.12 Å². The van der Waals surface area contributed by atoms with Crippen molar-refractivity contribution in [2.45, 2.75) is 13.5 Å². The molecule has 0 bridgehead atoms. The minimum absolute atomic E-state index is 0.0449. The van der Waals surface area contributed by atoms with Crippen molar-refractivity contribution < 1.29 is 23.9 Å². The predicted molar refractivity (Wildman–Crippen MR) is 78.2 cm³/mol. The summed E-state index contributed by atoms with van der Waals surface area (Å²) in [7, 11) is -1.68. The summed E-state index contributed by atoms with van der Waals surface area (Å²) in [5, 5.41) is 17.9. The summed E-state index contributed by atoms with van der Waals surface area (Å²) < 4.78 is 24.7. The molecule has 0 aromatic heterocycles. The van der Waals surface area contributed by atoms with E-state index in [1.807, 2.05) is 13.0 Å². The van der Waals surface area contributed by atoms with E-state index in [4.69, 9.17) is 19.5 Å². The van der Waals surface area contributed by atoms with Crippen LogP contribution in [-0.4, -0.2) is 23.8 Å². The molecule has 2 aromatic rings. The zero-order chi connectivity index (χ0) is 15.2. The predicted octanol–water partition coefficient (Wildman–Crippen LogP) is 1.48. The molecule has 4 nitrogen and oxygen atoms in total. The van der Waals surface area contributed by atoms with Crippen LogP contribution in [0.1, 0.15) is 12.5 Å². The van der Waals surface area contributed by atoms with E-state index < -0.39 is 12.9 Å². The zero-order valence-electron chi connectivity index (χ0n) is 11.6. The van der Waals surface area contributed by atoms with Gasteiger partial charge in [0, 0.05) is 11.6 Å². The second-order valence-electron chi connectivity index (χ2n) is 4.42. The number of ether oxygens (including phenoxy) is 2. The Labute approximate surface area is 122 Å². The van der Waals surface area contributed by atoms with Gasteiger partial charge in [-0.1, -0.05) is 18.2 Å². The van der Waals surface area contributed by atoms with Gasteiger partial charge in [-0.3, -0.25) is 0 Å². The van der Waals surface area contributed by atoms with Gasteiger partial charge in [-0.2, -0.15) is 0 Å². The molecule has 0 amide bonds. The number of hydrogen-bond acceptors (Lipinski definition) is 4. The van der Waals surface area contributed by atoms with Gasteiger partial charge < -0.3 is 19.5 Å². The fourth-order valence-electron chi connectivity index (χ4n) is 1.82. The number of hydrogen-bond donors (Lipinski definition) is 2. The first-order valence-corrected chi connectivity index (χ1v) is 6.60. The molecule has 2 N–H and O–H groups in total. The molecule has 2 aromatic carbocycles. The van der Waals surface area contributed by atoms with E-state index in [1.54, 1.807) is 18.2 Å². The molecule has 0 aliphatic heterocycles. The zero-order valence-corrected chi connectivity index (χ0v) is 11.6. The maximum absolute atomic E-state index is 13.8. The highest BCUT2D eigenvalue weighted by Crippen LogP contribution is 2.20. The average molecular weight is 290 g/mol. The van der Waals surface area contributed by atoms with Gasteiger partial charge in [0.25, 0.3) is 0 Å². The van der Waals surface area contributed by atoms with E-state index in [1.165, 1.54) is 12.1 Å². The number of halogens is 1. The van der Waals surface area contributed by atoms with Crippen molar-refractivity contribution in [3.05, 3.63) is 53.8 Å². The fraction of sp³-hybridized carbons (Fsp3) is 0.200. The molecule has 0 heterocycles. The summed E-state index contributed by atoms with van der Waals surface area (Å²) in [6.45, 7) is 2.49. The molecule has 0 spiro atoms. The van der Waals surface area contributed by atoms with Crippen LogP contribution in [0.15, 0.2) is 42.5 Å². The van der Waals surface area contributed by atoms with Crippen LogP contribution in [0.25, 0.3) is 0 Å². The molecule has 0 fully saturated rings. The van der Waals surface area contributed by atoms with Crippen LogP contribution in [0, 0.1) is 5.82 Å². The lowest BCUT2D eigenvalue weighted by molar-refractivity contribution is 0.294. The van der Waals surface area contributed by atoms with Gasteiger partial charge in [-0.25, -0.2) is 4.39 Å². The SMILES string of the molecule is CCOc1cccc(OCc2ccc(B(O)O)cc2F)c1. The summed E-state index contributed by atoms with van der Waals surface area (Å²) in [6, 6.07) is 11.1. The van der Waals surface area contributed by atoms with E-state index >= 15 is 0 Å². The molecule has 21 heavy (non-hydrogen) atoms. The Morgan fingerprint density at radius 2 is 1.76 bits per heavy atom. The molecule has 0 radical (unpaired) electrons. The number of rotatable bonds is 6. The molecule has 0 atom stereocenters. The summed E-state index contributed by atoms with van der Waals surface area (Å²) >= 11 is 0. The Bertz CT molecular complexity index is 604. The Kier molecular flexibility index (Phi) is 5.19. The molecule has 6 heteroatoms. The maximum atomic E-state index is 13.8. The first-order valence-electron chi connectivity index (χ1n) is 6.60. The van der Waals surface area contributed by atoms with Gasteiger partial charge in [0.05, 0.1) is 6.61 Å². The minimum Gasteiger partial charge on any atom is -0.494 e. The monoisotopic (exact) mass is 290 g/mol. The third-order valence-electron chi connectivity index (χ3n) is 2.89. The lowest BCUT2D eigenvalue weighted by Crippen LogP contribution is -2.30. The van der Waals surface area contributed by atoms with Gasteiger partial charge in [0.2, 0.25) is 0 Å². The van der Waals surface area contributed by atoms with E-state index in [9.17, 15) is 4.39 Å². The maximum Gasteiger partial charge on any atom is 0.488 e. The molecule has 0 unspecified atom stereocenters. The standard InChI is InChI=1S/C15H16BFO4/c1-2-20-13-4-3-5-14(9-13)21-10-11-6-7-12(16(18)19)8-15(11)17/h3-9,18-19H,2,10H2,1H3. The van der Waals surface area contributed by atoms with Crippen molar-refractivity contribution in [3.8, 4) is 11.5 Å². The summed E-state index contributed by atoms with van der Waals surface area (Å²) in [5.41, 5.74) is 0.441. The molecule has 0 aliphatic carbocycles. The van der Waals surface area contributed by atoms with E-state index in [2.05, 4.69) is 0 Å². The molecule has 0 saturated carbocycles. The molecule has 0 aliphatic rings. The van der Waals surface area contributed by atoms with Crippen molar-refractivity contribution in [3.63, 3.8) is 0 Å². The number of benzene rings is 2. The summed E-state index contributed by atoms with van der Waals surface area (Å²) in [4.78, 5) is 0. The molecular weight excluding hydrogens is 274 g/mol. The van der Waals surface area contributed by atoms with Crippen molar-refractivity contribution in [1.82, 2.24) is 0 Å². The quantitative estimate of drug-likeness (QED) is 0.791. The highest BCUT2D eigenvalue weighted by molar-refractivity contribution is 6.58. The van der Waals surface area contributed by atoms with Crippen LogP contribution in [0.3, 0.4) is 0 Å². The van der Waals surface area contributed by atoms with E-state index in [0.29, 0.717) is 23.7 Å². The Morgan fingerprint density at radius 1 is 1.05 bits per heavy atom. The molecule has 110 valence electrons. The lowest BCUT2D eigenvalue weighted by atomic mass is 9.80. The van der Waals surface area contributed by atoms with Gasteiger partial charge in [-0.15, -0.1) is 0 Å². The molecule has 0 saturated heterocycles. The van der Waals surface area contributed by atoms with Gasteiger partial charge in [0.15, 0.2) is 0 Å². The van der Waals surface area contributed by atoms with Crippen LogP contribution < -0.4 is 14.9 Å². The lowest BCUT2D eigenvalue weighted by Gasteiger charge is -2.10. The minimum atomic E-state index is -1.68. The Balaban J connectivity index is 2.04. The highest BCUT2D eigenvalue weighted by atomic mass is 19.1. The van der Waals surface area contributed by atoms with Crippen molar-refractivity contribution in [1.29, 1.82) is 0 Å². The Hall–Kier alpha value is -2.05. The first kappa shape index (κ1) is 15.3. The third-order valence-corrected chi connectivity index (χ3v) is 2.89. The van der Waals surface area contributed by atoms with Crippen LogP contribution in [0.5, 0.6) is 11.5 Å². The van der Waals surface area contributed by atoms with Crippen LogP contribution in [-0.2, 0) is 6.61 Å². The van der Waals surface area contributed by atoms with Crippen LogP contribution in [0.2, 0.25) is 0 Å². The Morgan fingerprint density at radius 3 is 2.38 bits per heavy atom. The molecule has 2 rings (SSSR count). The fourth-order valence-corrected chi connectivity index (χ4v) is 1.82.